The molecule has 4 heteroatoms. The molecule has 17 heavy (non-hydrogen) atoms. The molecule has 0 bridgehead atoms. The minimum absolute atomic E-state index is 0.391. The molecule has 0 aliphatic carbocycles. The number of hydrogen-bond acceptors (Lipinski definition) is 4. The van der Waals surface area contributed by atoms with Crippen LogP contribution in [0.25, 0.3) is 0 Å². The van der Waals surface area contributed by atoms with Gasteiger partial charge in [0, 0.05) is 6.04 Å². The molecule has 0 unspecified atom stereocenters. The van der Waals surface area contributed by atoms with Crippen molar-refractivity contribution in [3.63, 3.8) is 0 Å². The van der Waals surface area contributed by atoms with E-state index < -0.39 is 0 Å². The van der Waals surface area contributed by atoms with Crippen LogP contribution in [0.5, 0.6) is 0 Å². The first-order valence-electron chi connectivity index (χ1n) is 6.26. The third-order valence-corrected chi connectivity index (χ3v) is 3.37. The summed E-state index contributed by atoms with van der Waals surface area (Å²) in [5.74, 6) is 1.24. The third-order valence-electron chi connectivity index (χ3n) is 3.37. The summed E-state index contributed by atoms with van der Waals surface area (Å²) in [6.45, 7) is 6.43. The van der Waals surface area contributed by atoms with E-state index >= 15 is 0 Å². The highest BCUT2D eigenvalue weighted by atomic mass is 16.3. The summed E-state index contributed by atoms with van der Waals surface area (Å²) in [7, 11) is 0. The Bertz CT molecular complexity index is 386. The summed E-state index contributed by atoms with van der Waals surface area (Å²) < 4.78 is 5.33. The van der Waals surface area contributed by atoms with Crippen LogP contribution < -0.4 is 5.32 Å². The normalized spacial score (nSPS) is 18.1. The molecule has 1 N–H and O–H groups in total. The van der Waals surface area contributed by atoms with Crippen LogP contribution in [0.15, 0.2) is 16.5 Å². The van der Waals surface area contributed by atoms with Crippen LogP contribution in [0.2, 0.25) is 0 Å². The van der Waals surface area contributed by atoms with Crippen LogP contribution in [-0.4, -0.2) is 30.6 Å². The van der Waals surface area contributed by atoms with Crippen molar-refractivity contribution in [3.05, 3.63) is 23.7 Å². The van der Waals surface area contributed by atoms with Gasteiger partial charge in [-0.2, -0.15) is 5.26 Å². The molecule has 1 aromatic heterocycles. The van der Waals surface area contributed by atoms with Crippen molar-refractivity contribution < 1.29 is 4.42 Å². The molecule has 1 saturated heterocycles. The summed E-state index contributed by atoms with van der Waals surface area (Å²) in [4.78, 5) is 2.47. The van der Waals surface area contributed by atoms with E-state index in [9.17, 15) is 0 Å². The molecule has 0 amide bonds. The van der Waals surface area contributed by atoms with Gasteiger partial charge in [-0.15, -0.1) is 0 Å². The maximum absolute atomic E-state index is 8.65. The molecule has 2 rings (SSSR count). The van der Waals surface area contributed by atoms with E-state index in [4.69, 9.17) is 9.68 Å². The van der Waals surface area contributed by atoms with Crippen LogP contribution in [0, 0.1) is 11.3 Å². The summed E-state index contributed by atoms with van der Waals surface area (Å²) in [5, 5.41) is 12.1. The van der Waals surface area contributed by atoms with E-state index in [2.05, 4.69) is 17.1 Å². The van der Waals surface area contributed by atoms with E-state index in [1.807, 2.05) is 12.1 Å². The van der Waals surface area contributed by atoms with Crippen LogP contribution in [-0.2, 0) is 6.54 Å². The van der Waals surface area contributed by atoms with E-state index in [1.54, 1.807) is 6.07 Å². The lowest BCUT2D eigenvalue weighted by molar-refractivity contribution is 0.204. The average molecular weight is 233 g/mol. The second kappa shape index (κ2) is 5.85. The largest absolute Gasteiger partial charge is 0.449 e. The SMILES string of the molecule is CCN1CCC(NCc2ccc(C#N)o2)CC1. The topological polar surface area (TPSA) is 52.2 Å². The highest BCUT2D eigenvalue weighted by Gasteiger charge is 2.17. The number of hydrogen-bond donors (Lipinski definition) is 1. The summed E-state index contributed by atoms with van der Waals surface area (Å²) in [5.41, 5.74) is 0. The third kappa shape index (κ3) is 3.32. The maximum atomic E-state index is 8.65. The number of nitrogens with one attached hydrogen (secondary N) is 1. The predicted octanol–water partition coefficient (Wildman–Crippen LogP) is 1.73. The zero-order valence-corrected chi connectivity index (χ0v) is 10.3. The Balaban J connectivity index is 1.74. The van der Waals surface area contributed by atoms with E-state index in [0.717, 1.165) is 18.8 Å². The van der Waals surface area contributed by atoms with Gasteiger partial charge in [-0.25, -0.2) is 0 Å². The summed E-state index contributed by atoms with van der Waals surface area (Å²) in [6.07, 6.45) is 2.39. The Labute approximate surface area is 102 Å². The monoisotopic (exact) mass is 233 g/mol. The predicted molar refractivity (Wildman–Crippen MR) is 65.4 cm³/mol. The Morgan fingerprint density at radius 2 is 2.24 bits per heavy atom. The average Bonchev–Trinajstić information content (AvgIpc) is 2.85. The Morgan fingerprint density at radius 3 is 2.82 bits per heavy atom. The minimum Gasteiger partial charge on any atom is -0.449 e. The lowest BCUT2D eigenvalue weighted by atomic mass is 10.1. The van der Waals surface area contributed by atoms with Gasteiger partial charge in [0.05, 0.1) is 6.54 Å². The quantitative estimate of drug-likeness (QED) is 0.860. The molecule has 2 heterocycles. The Hall–Kier alpha value is -1.31. The van der Waals surface area contributed by atoms with Gasteiger partial charge in [0.25, 0.3) is 0 Å². The fraction of sp³-hybridized carbons (Fsp3) is 0.615. The molecular formula is C13H19N3O. The molecule has 1 aliphatic heterocycles. The van der Waals surface area contributed by atoms with Gasteiger partial charge in [-0.1, -0.05) is 6.92 Å². The first-order valence-corrected chi connectivity index (χ1v) is 6.26. The molecule has 0 saturated carbocycles. The van der Waals surface area contributed by atoms with Gasteiger partial charge in [-0.3, -0.25) is 0 Å². The van der Waals surface area contributed by atoms with Gasteiger partial charge in [0.2, 0.25) is 5.76 Å². The van der Waals surface area contributed by atoms with E-state index in [0.29, 0.717) is 11.8 Å². The molecule has 0 atom stereocenters. The highest BCUT2D eigenvalue weighted by Crippen LogP contribution is 2.12. The van der Waals surface area contributed by atoms with Crippen LogP contribution >= 0.6 is 0 Å². The lowest BCUT2D eigenvalue weighted by Gasteiger charge is -2.31. The van der Waals surface area contributed by atoms with Gasteiger partial charge in [0.15, 0.2) is 0 Å². The number of nitrogens with zero attached hydrogens (tertiary/aromatic N) is 2. The first kappa shape index (κ1) is 12.2. The number of rotatable bonds is 4. The molecule has 0 aromatic carbocycles. The Morgan fingerprint density at radius 1 is 1.47 bits per heavy atom. The fourth-order valence-corrected chi connectivity index (χ4v) is 2.23. The molecular weight excluding hydrogens is 214 g/mol. The van der Waals surface area contributed by atoms with E-state index in [-0.39, 0.29) is 0 Å². The minimum atomic E-state index is 0.391. The molecule has 0 spiro atoms. The van der Waals surface area contributed by atoms with Crippen LogP contribution in [0.4, 0.5) is 0 Å². The molecule has 92 valence electrons. The van der Waals surface area contributed by atoms with Crippen molar-refractivity contribution in [3.8, 4) is 6.07 Å². The number of piperidine rings is 1. The number of furan rings is 1. The zero-order chi connectivity index (χ0) is 12.1. The fourth-order valence-electron chi connectivity index (χ4n) is 2.23. The van der Waals surface area contributed by atoms with Gasteiger partial charge in [0.1, 0.15) is 11.8 Å². The first-order chi connectivity index (χ1) is 8.31. The molecule has 1 fully saturated rings. The zero-order valence-electron chi connectivity index (χ0n) is 10.3. The molecule has 1 aliphatic rings. The lowest BCUT2D eigenvalue weighted by Crippen LogP contribution is -2.42. The van der Waals surface area contributed by atoms with Crippen LogP contribution in [0.3, 0.4) is 0 Å². The van der Waals surface area contributed by atoms with Gasteiger partial charge in [-0.05, 0) is 44.6 Å². The van der Waals surface area contributed by atoms with E-state index in [1.165, 1.54) is 25.9 Å². The maximum Gasteiger partial charge on any atom is 0.203 e. The summed E-state index contributed by atoms with van der Waals surface area (Å²) in [6, 6.07) is 6.16. The second-order valence-electron chi connectivity index (χ2n) is 4.47. The number of nitriles is 1. The van der Waals surface area contributed by atoms with Crippen molar-refractivity contribution in [1.82, 2.24) is 10.2 Å². The van der Waals surface area contributed by atoms with Gasteiger partial charge >= 0.3 is 0 Å². The molecule has 4 nitrogen and oxygen atoms in total. The van der Waals surface area contributed by atoms with Crippen molar-refractivity contribution in [2.24, 2.45) is 0 Å². The Kier molecular flexibility index (Phi) is 4.18. The van der Waals surface area contributed by atoms with Crippen molar-refractivity contribution in [1.29, 1.82) is 5.26 Å². The standard InChI is InChI=1S/C13H19N3O/c1-2-16-7-5-11(6-8-16)15-10-13-4-3-12(9-14)17-13/h3-4,11,15H,2,5-8,10H2,1H3. The van der Waals surface area contributed by atoms with Crippen molar-refractivity contribution in [2.45, 2.75) is 32.4 Å². The highest BCUT2D eigenvalue weighted by molar-refractivity contribution is 5.18. The smallest absolute Gasteiger partial charge is 0.203 e. The van der Waals surface area contributed by atoms with Crippen molar-refractivity contribution in [2.75, 3.05) is 19.6 Å². The summed E-state index contributed by atoms with van der Waals surface area (Å²) >= 11 is 0. The second-order valence-corrected chi connectivity index (χ2v) is 4.47. The van der Waals surface area contributed by atoms with Crippen LogP contribution in [0.1, 0.15) is 31.3 Å². The van der Waals surface area contributed by atoms with Gasteiger partial charge < -0.3 is 14.6 Å². The van der Waals surface area contributed by atoms with Crippen molar-refractivity contribution >= 4 is 0 Å². The number of likely N-dealkylation sites (tertiary alicyclic amines) is 1. The molecule has 0 radical (unpaired) electrons. The molecule has 1 aromatic rings.